The Morgan fingerprint density at radius 3 is 2.06 bits per heavy atom. The van der Waals surface area contributed by atoms with Gasteiger partial charge in [-0.2, -0.15) is 0 Å². The molecule has 0 aliphatic heterocycles. The molecule has 0 bridgehead atoms. The monoisotopic (exact) mass is 244 g/mol. The van der Waals surface area contributed by atoms with Crippen LogP contribution in [0.1, 0.15) is 59.8 Å². The molecule has 1 aliphatic carbocycles. The summed E-state index contributed by atoms with van der Waals surface area (Å²) in [6, 6.07) is 0. The molecule has 0 aromatic carbocycles. The van der Waals surface area contributed by atoms with Crippen LogP contribution < -0.4 is 0 Å². The van der Waals surface area contributed by atoms with Crippen molar-refractivity contribution in [1.82, 2.24) is 0 Å². The zero-order valence-corrected chi connectivity index (χ0v) is 12.6. The second-order valence-electron chi connectivity index (χ2n) is 5.60. The third-order valence-corrected chi connectivity index (χ3v) is 6.66. The van der Waals surface area contributed by atoms with Crippen LogP contribution in [0.3, 0.4) is 0 Å². The number of hydrogen-bond donors (Lipinski definition) is 0. The van der Waals surface area contributed by atoms with Crippen molar-refractivity contribution in [3.8, 4) is 0 Å². The van der Waals surface area contributed by atoms with Crippen LogP contribution in [0, 0.1) is 5.41 Å². The molecule has 1 atom stereocenters. The first-order valence-corrected chi connectivity index (χ1v) is 8.46. The van der Waals surface area contributed by atoms with E-state index in [1.54, 1.807) is 0 Å². The van der Waals surface area contributed by atoms with Gasteiger partial charge in [-0.15, -0.1) is 0 Å². The molecular weight excluding hydrogens is 216 g/mol. The molecule has 1 saturated carbocycles. The van der Waals surface area contributed by atoms with Gasteiger partial charge in [-0.05, 0) is 31.1 Å². The van der Waals surface area contributed by atoms with E-state index < -0.39 is 9.28 Å². The molecule has 0 heterocycles. The van der Waals surface area contributed by atoms with Crippen LogP contribution in [0.5, 0.6) is 0 Å². The maximum absolute atomic E-state index is 6.03. The van der Waals surface area contributed by atoms with Gasteiger partial charge in [0.05, 0.1) is 0 Å². The van der Waals surface area contributed by atoms with E-state index in [0.717, 1.165) is 26.1 Å². The average molecular weight is 244 g/mol. The Kier molecular flexibility index (Phi) is 6.01. The van der Waals surface area contributed by atoms with E-state index in [2.05, 4.69) is 27.7 Å². The molecule has 1 rings (SSSR count). The first-order valence-electron chi connectivity index (χ1n) is 6.85. The van der Waals surface area contributed by atoms with Gasteiger partial charge in [0.25, 0.3) is 0 Å². The minimum atomic E-state index is -1.45. The third-order valence-electron chi connectivity index (χ3n) is 3.64. The molecule has 16 heavy (non-hydrogen) atoms. The molecule has 0 aromatic rings. The zero-order valence-electron chi connectivity index (χ0n) is 11.4. The predicted octanol–water partition coefficient (Wildman–Crippen LogP) is 3.64. The third kappa shape index (κ3) is 3.86. The highest BCUT2D eigenvalue weighted by atomic mass is 28.3. The van der Waals surface area contributed by atoms with Crippen LogP contribution in [0.25, 0.3) is 0 Å². The van der Waals surface area contributed by atoms with Crippen LogP contribution in [0.2, 0.25) is 5.54 Å². The van der Waals surface area contributed by atoms with E-state index in [9.17, 15) is 0 Å². The molecule has 0 saturated heterocycles. The summed E-state index contributed by atoms with van der Waals surface area (Å²) in [6.45, 7) is 10.9. The summed E-state index contributed by atoms with van der Waals surface area (Å²) in [6.07, 6.45) is 6.22. The quantitative estimate of drug-likeness (QED) is 0.637. The Labute approximate surface area is 103 Å². The predicted molar refractivity (Wildman–Crippen MR) is 71.0 cm³/mol. The van der Waals surface area contributed by atoms with Crippen molar-refractivity contribution < 1.29 is 8.85 Å². The van der Waals surface area contributed by atoms with E-state index in [-0.39, 0.29) is 0 Å². The van der Waals surface area contributed by atoms with Crippen molar-refractivity contribution in [2.45, 2.75) is 65.3 Å². The fourth-order valence-electron chi connectivity index (χ4n) is 2.61. The molecule has 0 radical (unpaired) electrons. The van der Waals surface area contributed by atoms with E-state index in [1.165, 1.54) is 19.3 Å². The van der Waals surface area contributed by atoms with E-state index in [0.29, 0.717) is 11.0 Å². The van der Waals surface area contributed by atoms with Crippen molar-refractivity contribution in [1.29, 1.82) is 0 Å². The minimum absolute atomic E-state index is 0.443. The largest absolute Gasteiger partial charge is 0.396 e. The second-order valence-corrected chi connectivity index (χ2v) is 7.81. The maximum Gasteiger partial charge on any atom is 0.325 e. The van der Waals surface area contributed by atoms with Gasteiger partial charge in [0.15, 0.2) is 0 Å². The summed E-state index contributed by atoms with van der Waals surface area (Å²) in [5.41, 5.74) is 1.16. The summed E-state index contributed by atoms with van der Waals surface area (Å²) in [5.74, 6) is 0. The van der Waals surface area contributed by atoms with Gasteiger partial charge in [0, 0.05) is 18.8 Å². The average Bonchev–Trinajstić information content (AvgIpc) is 2.59. The summed E-state index contributed by atoms with van der Waals surface area (Å²) in [4.78, 5) is 0. The van der Waals surface area contributed by atoms with E-state index in [4.69, 9.17) is 8.85 Å². The van der Waals surface area contributed by atoms with Gasteiger partial charge in [-0.25, -0.2) is 0 Å². The molecule has 2 nitrogen and oxygen atoms in total. The Morgan fingerprint density at radius 2 is 1.69 bits per heavy atom. The molecule has 1 aliphatic rings. The summed E-state index contributed by atoms with van der Waals surface area (Å²) in [7, 11) is -1.45. The van der Waals surface area contributed by atoms with Gasteiger partial charge in [-0.3, -0.25) is 0 Å². The fraction of sp³-hybridized carbons (Fsp3) is 1.00. The Morgan fingerprint density at radius 1 is 1.12 bits per heavy atom. The van der Waals surface area contributed by atoms with Gasteiger partial charge >= 0.3 is 9.28 Å². The van der Waals surface area contributed by atoms with Crippen LogP contribution >= 0.6 is 0 Å². The summed E-state index contributed by atoms with van der Waals surface area (Å²) < 4.78 is 12.1. The van der Waals surface area contributed by atoms with E-state index >= 15 is 0 Å². The van der Waals surface area contributed by atoms with Crippen LogP contribution in [-0.4, -0.2) is 22.5 Å². The first kappa shape index (κ1) is 14.2. The maximum atomic E-state index is 6.03. The van der Waals surface area contributed by atoms with Crippen LogP contribution in [0.4, 0.5) is 0 Å². The Bertz CT molecular complexity index is 186. The van der Waals surface area contributed by atoms with Crippen molar-refractivity contribution in [2.24, 2.45) is 5.41 Å². The van der Waals surface area contributed by atoms with Gasteiger partial charge in [-0.1, -0.05) is 34.1 Å². The molecule has 0 aromatic heterocycles. The summed E-state index contributed by atoms with van der Waals surface area (Å²) >= 11 is 0. The van der Waals surface area contributed by atoms with Gasteiger partial charge < -0.3 is 8.85 Å². The zero-order chi connectivity index (χ0) is 12.0. The highest BCUT2D eigenvalue weighted by Crippen LogP contribution is 2.48. The lowest BCUT2D eigenvalue weighted by Crippen LogP contribution is -2.35. The smallest absolute Gasteiger partial charge is 0.325 e. The van der Waals surface area contributed by atoms with Crippen molar-refractivity contribution in [3.63, 3.8) is 0 Å². The second kappa shape index (κ2) is 6.77. The SMILES string of the molecule is CCCO[SiH](OCCC)C1CCCC1(C)C. The Hall–Kier alpha value is 0.137. The van der Waals surface area contributed by atoms with Crippen LogP contribution in [-0.2, 0) is 8.85 Å². The normalized spacial score (nSPS) is 24.2. The molecule has 96 valence electrons. The van der Waals surface area contributed by atoms with Gasteiger partial charge in [0.1, 0.15) is 0 Å². The molecule has 0 N–H and O–H groups in total. The molecular formula is C13H28O2Si. The lowest BCUT2D eigenvalue weighted by atomic mass is 9.91. The molecule has 0 amide bonds. The van der Waals surface area contributed by atoms with Crippen molar-refractivity contribution >= 4 is 9.28 Å². The first-order chi connectivity index (χ1) is 7.61. The standard InChI is InChI=1S/C13H28O2Si/c1-5-10-14-16(15-11-6-2)12-8-7-9-13(12,3)4/h12,16H,5-11H2,1-4H3. The molecule has 3 heteroatoms. The minimum Gasteiger partial charge on any atom is -0.396 e. The molecule has 1 unspecified atom stereocenters. The lowest BCUT2D eigenvalue weighted by molar-refractivity contribution is 0.171. The highest BCUT2D eigenvalue weighted by molar-refractivity contribution is 6.46. The number of rotatable bonds is 7. The Balaban J connectivity index is 2.52. The summed E-state index contributed by atoms with van der Waals surface area (Å²) in [5, 5.41) is 0. The highest BCUT2D eigenvalue weighted by Gasteiger charge is 2.42. The topological polar surface area (TPSA) is 18.5 Å². The van der Waals surface area contributed by atoms with Crippen LogP contribution in [0.15, 0.2) is 0 Å². The van der Waals surface area contributed by atoms with Crippen molar-refractivity contribution in [2.75, 3.05) is 13.2 Å². The molecule has 1 fully saturated rings. The van der Waals surface area contributed by atoms with Gasteiger partial charge in [0.2, 0.25) is 0 Å². The molecule has 0 spiro atoms. The van der Waals surface area contributed by atoms with E-state index in [1.807, 2.05) is 0 Å². The fourth-order valence-corrected chi connectivity index (χ4v) is 5.51. The lowest BCUT2D eigenvalue weighted by Gasteiger charge is -2.32. The number of hydrogen-bond acceptors (Lipinski definition) is 2. The van der Waals surface area contributed by atoms with Crippen molar-refractivity contribution in [3.05, 3.63) is 0 Å².